The molecule has 1 amide bonds. The van der Waals surface area contributed by atoms with Gasteiger partial charge in [-0.3, -0.25) is 9.69 Å². The van der Waals surface area contributed by atoms with Gasteiger partial charge >= 0.3 is 6.18 Å². The first kappa shape index (κ1) is 22.5. The Balaban J connectivity index is 1.36. The number of piperazine rings is 1. The van der Waals surface area contributed by atoms with E-state index < -0.39 is 11.7 Å². The zero-order valence-electron chi connectivity index (χ0n) is 16.4. The van der Waals surface area contributed by atoms with Crippen LogP contribution in [0.25, 0.3) is 11.4 Å². The van der Waals surface area contributed by atoms with Crippen LogP contribution in [0.4, 0.5) is 13.2 Å². The van der Waals surface area contributed by atoms with Crippen molar-refractivity contribution in [3.05, 3.63) is 63.7 Å². The number of carbonyl (C=O) groups is 1. The fraction of sp³-hybridized carbons (Fsp3) is 0.300. The first-order valence-corrected chi connectivity index (χ1v) is 10.3. The van der Waals surface area contributed by atoms with E-state index in [9.17, 15) is 18.0 Å². The molecule has 7 nitrogen and oxygen atoms in total. The lowest BCUT2D eigenvalue weighted by molar-refractivity contribution is -0.137. The number of carbonyl (C=O) groups excluding carboxylic acids is 1. The van der Waals surface area contributed by atoms with Gasteiger partial charge in [0.2, 0.25) is 11.7 Å². The molecule has 32 heavy (non-hydrogen) atoms. The van der Waals surface area contributed by atoms with Crippen molar-refractivity contribution in [2.45, 2.75) is 12.7 Å². The molecule has 1 saturated heterocycles. The molecular formula is C20H16Cl2F3N5O2. The maximum absolute atomic E-state index is 12.9. The van der Waals surface area contributed by atoms with E-state index in [0.29, 0.717) is 38.3 Å². The van der Waals surface area contributed by atoms with E-state index in [1.165, 1.54) is 24.3 Å². The van der Waals surface area contributed by atoms with E-state index in [2.05, 4.69) is 15.1 Å². The van der Waals surface area contributed by atoms with Gasteiger partial charge in [0.05, 0.1) is 12.1 Å². The molecule has 168 valence electrons. The van der Waals surface area contributed by atoms with Crippen molar-refractivity contribution in [2.24, 2.45) is 0 Å². The minimum atomic E-state index is -4.45. The molecule has 0 radical (unpaired) electrons. The Hall–Kier alpha value is -2.69. The fourth-order valence-electron chi connectivity index (χ4n) is 3.34. The molecular weight excluding hydrogens is 470 g/mol. The average Bonchev–Trinajstić information content (AvgIpc) is 3.21. The minimum Gasteiger partial charge on any atom is -0.338 e. The highest BCUT2D eigenvalue weighted by Crippen LogP contribution is 2.31. The molecule has 3 aromatic rings. The number of halogens is 5. The summed E-state index contributed by atoms with van der Waals surface area (Å²) in [6.07, 6.45) is -4.45. The number of rotatable bonds is 4. The lowest BCUT2D eigenvalue weighted by atomic mass is 10.1. The summed E-state index contributed by atoms with van der Waals surface area (Å²) in [6.45, 7) is 2.36. The van der Waals surface area contributed by atoms with Crippen LogP contribution in [0.1, 0.15) is 21.8 Å². The summed E-state index contributed by atoms with van der Waals surface area (Å²) in [6, 6.07) is 7.70. The van der Waals surface area contributed by atoms with Gasteiger partial charge < -0.3 is 9.42 Å². The van der Waals surface area contributed by atoms with Crippen molar-refractivity contribution in [1.82, 2.24) is 24.9 Å². The first-order chi connectivity index (χ1) is 15.2. The number of aromatic nitrogens is 3. The van der Waals surface area contributed by atoms with Crippen LogP contribution in [0.2, 0.25) is 10.3 Å². The monoisotopic (exact) mass is 485 g/mol. The van der Waals surface area contributed by atoms with E-state index in [1.54, 1.807) is 4.90 Å². The van der Waals surface area contributed by atoms with E-state index >= 15 is 0 Å². The van der Waals surface area contributed by atoms with Crippen LogP contribution < -0.4 is 0 Å². The Morgan fingerprint density at radius 2 is 1.72 bits per heavy atom. The van der Waals surface area contributed by atoms with Gasteiger partial charge in [-0.05, 0) is 24.3 Å². The molecule has 2 aromatic heterocycles. The van der Waals surface area contributed by atoms with Crippen molar-refractivity contribution >= 4 is 29.1 Å². The lowest BCUT2D eigenvalue weighted by Crippen LogP contribution is -2.48. The number of hydrogen-bond donors (Lipinski definition) is 0. The first-order valence-electron chi connectivity index (χ1n) is 9.54. The molecule has 1 aliphatic heterocycles. The van der Waals surface area contributed by atoms with Gasteiger partial charge in [-0.15, -0.1) is 0 Å². The Bertz CT molecular complexity index is 1110. The van der Waals surface area contributed by atoms with Crippen molar-refractivity contribution in [3.63, 3.8) is 0 Å². The zero-order chi connectivity index (χ0) is 22.9. The predicted molar refractivity (Wildman–Crippen MR) is 110 cm³/mol. The fourth-order valence-corrected chi connectivity index (χ4v) is 3.80. The third-order valence-corrected chi connectivity index (χ3v) is 5.33. The molecule has 0 spiro atoms. The molecule has 1 aliphatic rings. The third kappa shape index (κ3) is 5.20. The van der Waals surface area contributed by atoms with Crippen molar-refractivity contribution in [1.29, 1.82) is 0 Å². The number of hydrogen-bond acceptors (Lipinski definition) is 6. The summed E-state index contributed by atoms with van der Waals surface area (Å²) >= 11 is 11.7. The topological polar surface area (TPSA) is 75.4 Å². The molecule has 0 N–H and O–H groups in total. The quantitative estimate of drug-likeness (QED) is 0.509. The minimum absolute atomic E-state index is 0.0892. The summed E-state index contributed by atoms with van der Waals surface area (Å²) in [5, 5.41) is 4.09. The zero-order valence-corrected chi connectivity index (χ0v) is 18.0. The summed E-state index contributed by atoms with van der Waals surface area (Å²) in [5.74, 6) is 0.178. The number of amides is 1. The molecule has 0 atom stereocenters. The van der Waals surface area contributed by atoms with Crippen LogP contribution in [0.15, 0.2) is 40.9 Å². The van der Waals surface area contributed by atoms with Crippen LogP contribution in [-0.2, 0) is 12.7 Å². The van der Waals surface area contributed by atoms with Crippen LogP contribution in [0, 0.1) is 0 Å². The number of nitrogens with zero attached hydrogens (tertiary/aromatic N) is 5. The van der Waals surface area contributed by atoms with Crippen LogP contribution in [0.5, 0.6) is 0 Å². The van der Waals surface area contributed by atoms with Crippen LogP contribution in [0.3, 0.4) is 0 Å². The molecule has 4 rings (SSSR count). The normalized spacial score (nSPS) is 15.2. The smallest absolute Gasteiger partial charge is 0.338 e. The second kappa shape index (κ2) is 9.05. The Labute approximate surface area is 190 Å². The predicted octanol–water partition coefficient (Wildman–Crippen LogP) is 4.42. The van der Waals surface area contributed by atoms with E-state index in [1.807, 2.05) is 4.90 Å². The van der Waals surface area contributed by atoms with Crippen molar-refractivity contribution < 1.29 is 22.5 Å². The number of pyridine rings is 1. The van der Waals surface area contributed by atoms with Crippen LogP contribution >= 0.6 is 23.2 Å². The number of alkyl halides is 3. The molecule has 0 bridgehead atoms. The van der Waals surface area contributed by atoms with Crippen LogP contribution in [-0.4, -0.2) is 57.0 Å². The standard InChI is InChI=1S/C20H16Cl2F3N5O2/c21-15-9-13(10-16(22)26-15)19(31)30-6-4-29(5-7-30)11-17-27-18(28-32-17)12-2-1-3-14(8-12)20(23,24)25/h1-3,8-10H,4-7,11H2. The molecule has 0 aliphatic carbocycles. The van der Waals surface area contributed by atoms with E-state index in [4.69, 9.17) is 27.7 Å². The molecule has 0 saturated carbocycles. The van der Waals surface area contributed by atoms with Gasteiger partial charge in [-0.1, -0.05) is 40.5 Å². The Kier molecular flexibility index (Phi) is 6.36. The lowest BCUT2D eigenvalue weighted by Gasteiger charge is -2.34. The van der Waals surface area contributed by atoms with Gasteiger partial charge in [0, 0.05) is 37.3 Å². The highest BCUT2D eigenvalue weighted by Gasteiger charge is 2.31. The summed E-state index contributed by atoms with van der Waals surface area (Å²) < 4.78 is 44.0. The summed E-state index contributed by atoms with van der Waals surface area (Å²) in [7, 11) is 0. The molecule has 1 aromatic carbocycles. The summed E-state index contributed by atoms with van der Waals surface area (Å²) in [4.78, 5) is 24.4. The van der Waals surface area contributed by atoms with Gasteiger partial charge in [0.1, 0.15) is 10.3 Å². The SMILES string of the molecule is O=C(c1cc(Cl)nc(Cl)c1)N1CCN(Cc2nc(-c3cccc(C(F)(F)F)c3)no2)CC1. The van der Waals surface area contributed by atoms with Crippen molar-refractivity contribution in [2.75, 3.05) is 26.2 Å². The molecule has 0 unspecified atom stereocenters. The maximum atomic E-state index is 12.9. The Morgan fingerprint density at radius 3 is 2.38 bits per heavy atom. The second-order valence-electron chi connectivity index (χ2n) is 7.16. The van der Waals surface area contributed by atoms with E-state index in [-0.39, 0.29) is 33.5 Å². The summed E-state index contributed by atoms with van der Waals surface area (Å²) in [5.41, 5.74) is -0.190. The van der Waals surface area contributed by atoms with Gasteiger partial charge in [0.15, 0.2) is 0 Å². The maximum Gasteiger partial charge on any atom is 0.416 e. The molecule has 1 fully saturated rings. The average molecular weight is 486 g/mol. The van der Waals surface area contributed by atoms with Gasteiger partial charge in [0.25, 0.3) is 5.91 Å². The number of benzene rings is 1. The third-order valence-electron chi connectivity index (χ3n) is 4.94. The molecule has 12 heteroatoms. The van der Waals surface area contributed by atoms with Gasteiger partial charge in [-0.2, -0.15) is 18.2 Å². The second-order valence-corrected chi connectivity index (χ2v) is 7.93. The Morgan fingerprint density at radius 1 is 1.03 bits per heavy atom. The van der Waals surface area contributed by atoms with E-state index in [0.717, 1.165) is 12.1 Å². The largest absolute Gasteiger partial charge is 0.416 e. The molecule has 3 heterocycles. The van der Waals surface area contributed by atoms with Crippen molar-refractivity contribution in [3.8, 4) is 11.4 Å². The highest BCUT2D eigenvalue weighted by atomic mass is 35.5. The van der Waals surface area contributed by atoms with Gasteiger partial charge in [-0.25, -0.2) is 4.98 Å². The highest BCUT2D eigenvalue weighted by molar-refractivity contribution is 6.33.